The van der Waals surface area contributed by atoms with Gasteiger partial charge >= 0.3 is 0 Å². The highest BCUT2D eigenvalue weighted by Gasteiger charge is 2.17. The molecule has 1 aromatic heterocycles. The van der Waals surface area contributed by atoms with Gasteiger partial charge in [-0.25, -0.2) is 4.98 Å². The van der Waals surface area contributed by atoms with Crippen LogP contribution in [-0.4, -0.2) is 15.6 Å². The molecule has 0 radical (unpaired) electrons. The van der Waals surface area contributed by atoms with Gasteiger partial charge in [-0.2, -0.15) is 0 Å². The van der Waals surface area contributed by atoms with Gasteiger partial charge < -0.3 is 10.3 Å². The minimum absolute atomic E-state index is 0.324. The summed E-state index contributed by atoms with van der Waals surface area (Å²) in [5.74, 6) is 1.19. The summed E-state index contributed by atoms with van der Waals surface area (Å²) in [5, 5.41) is 0. The van der Waals surface area contributed by atoms with Crippen molar-refractivity contribution in [3.05, 3.63) is 15.7 Å². The van der Waals surface area contributed by atoms with Crippen molar-refractivity contribution < 1.29 is 0 Å². The van der Waals surface area contributed by atoms with Gasteiger partial charge in [0, 0.05) is 19.0 Å². The molecule has 2 N–H and O–H groups in total. The monoisotopic (exact) mass is 263 g/mol. The molecule has 3 nitrogen and oxygen atoms in total. The van der Waals surface area contributed by atoms with E-state index >= 15 is 0 Å². The van der Waals surface area contributed by atoms with Gasteiger partial charge in [-0.1, -0.05) is 0 Å². The minimum atomic E-state index is 0.324. The Balaban J connectivity index is 2.37. The predicted octanol–water partition coefficient (Wildman–Crippen LogP) is 0.761. The van der Waals surface area contributed by atoms with Crippen molar-refractivity contribution in [1.29, 1.82) is 0 Å². The third-order valence-electron chi connectivity index (χ3n) is 2.05. The largest absolute Gasteiger partial charge is 0.326 e. The molecule has 2 rings (SSSR count). The van der Waals surface area contributed by atoms with Crippen LogP contribution in [0, 0.1) is 3.70 Å². The van der Waals surface area contributed by atoms with E-state index in [-0.39, 0.29) is 0 Å². The lowest BCUT2D eigenvalue weighted by Gasteiger charge is -2.20. The molecule has 60 valence electrons. The van der Waals surface area contributed by atoms with Gasteiger partial charge in [0.05, 0.1) is 9.90 Å². The van der Waals surface area contributed by atoms with Gasteiger partial charge in [0.25, 0.3) is 0 Å². The van der Waals surface area contributed by atoms with Crippen molar-refractivity contribution in [3.63, 3.8) is 0 Å². The maximum Gasteiger partial charge on any atom is 0.109 e. The van der Waals surface area contributed by atoms with Gasteiger partial charge in [-0.3, -0.25) is 0 Å². The summed E-state index contributed by atoms with van der Waals surface area (Å²) >= 11 is 2.29. The number of nitrogens with zero attached hydrogens (tertiary/aromatic N) is 2. The molecular weight excluding hydrogens is 253 g/mol. The Labute approximate surface area is 79.1 Å². The Kier molecular flexibility index (Phi) is 1.88. The summed E-state index contributed by atoms with van der Waals surface area (Å²) < 4.78 is 3.40. The molecule has 0 aromatic carbocycles. The summed E-state index contributed by atoms with van der Waals surface area (Å²) in [6.45, 7) is 0.938. The molecule has 4 heteroatoms. The summed E-state index contributed by atoms with van der Waals surface area (Å²) in [4.78, 5) is 4.29. The molecule has 0 aliphatic carbocycles. The molecule has 0 bridgehead atoms. The van der Waals surface area contributed by atoms with Crippen molar-refractivity contribution in [2.24, 2.45) is 5.73 Å². The molecule has 1 aromatic rings. The number of rotatable bonds is 0. The number of halogens is 1. The fourth-order valence-electron chi connectivity index (χ4n) is 1.42. The number of aromatic nitrogens is 2. The van der Waals surface area contributed by atoms with Crippen molar-refractivity contribution in [2.75, 3.05) is 0 Å². The highest BCUT2D eigenvalue weighted by molar-refractivity contribution is 14.1. The van der Waals surface area contributed by atoms with Crippen LogP contribution < -0.4 is 5.73 Å². The first-order valence-electron chi connectivity index (χ1n) is 3.73. The first-order chi connectivity index (χ1) is 5.27. The van der Waals surface area contributed by atoms with Crippen LogP contribution in [0.2, 0.25) is 0 Å². The molecule has 2 heterocycles. The SMILES string of the molecule is NC1CCc2ncc(I)n2C1. The van der Waals surface area contributed by atoms with Crippen LogP contribution in [0.1, 0.15) is 12.2 Å². The number of fused-ring (bicyclic) bond motifs is 1. The number of aryl methyl sites for hydroxylation is 1. The first kappa shape index (κ1) is 7.54. The lowest BCUT2D eigenvalue weighted by molar-refractivity contribution is 0.448. The lowest BCUT2D eigenvalue weighted by Crippen LogP contribution is -2.32. The van der Waals surface area contributed by atoms with Crippen LogP contribution in [0.4, 0.5) is 0 Å². The fraction of sp³-hybridized carbons (Fsp3) is 0.571. The van der Waals surface area contributed by atoms with Gasteiger partial charge in [-0.15, -0.1) is 0 Å². The molecular formula is C7H10IN3. The van der Waals surface area contributed by atoms with E-state index in [2.05, 4.69) is 32.1 Å². The summed E-state index contributed by atoms with van der Waals surface area (Å²) in [7, 11) is 0. The molecule has 0 fully saturated rings. The van der Waals surface area contributed by atoms with E-state index in [1.807, 2.05) is 6.20 Å². The molecule has 1 atom stereocenters. The fourth-order valence-corrected chi connectivity index (χ4v) is 2.04. The smallest absolute Gasteiger partial charge is 0.109 e. The summed E-state index contributed by atoms with van der Waals surface area (Å²) in [6, 6.07) is 0.324. The van der Waals surface area contributed by atoms with Crippen LogP contribution in [-0.2, 0) is 13.0 Å². The normalized spacial score (nSPS) is 23.3. The Bertz CT molecular complexity index is 269. The molecule has 0 amide bonds. The topological polar surface area (TPSA) is 43.8 Å². The molecule has 1 aliphatic rings. The quantitative estimate of drug-likeness (QED) is 0.702. The van der Waals surface area contributed by atoms with Crippen LogP contribution in [0.3, 0.4) is 0 Å². The average molecular weight is 263 g/mol. The van der Waals surface area contributed by atoms with Crippen molar-refractivity contribution in [3.8, 4) is 0 Å². The van der Waals surface area contributed by atoms with E-state index in [9.17, 15) is 0 Å². The average Bonchev–Trinajstić information content (AvgIpc) is 2.33. The van der Waals surface area contributed by atoms with E-state index in [0.29, 0.717) is 6.04 Å². The number of hydrogen-bond donors (Lipinski definition) is 1. The zero-order valence-electron chi connectivity index (χ0n) is 6.13. The van der Waals surface area contributed by atoms with Gasteiger partial charge in [0.15, 0.2) is 0 Å². The van der Waals surface area contributed by atoms with E-state index in [4.69, 9.17) is 5.73 Å². The van der Waals surface area contributed by atoms with Crippen molar-refractivity contribution in [2.45, 2.75) is 25.4 Å². The number of nitrogens with two attached hydrogens (primary N) is 1. The van der Waals surface area contributed by atoms with Crippen molar-refractivity contribution in [1.82, 2.24) is 9.55 Å². The molecule has 1 aliphatic heterocycles. The lowest BCUT2D eigenvalue weighted by atomic mass is 10.1. The Morgan fingerprint density at radius 1 is 1.73 bits per heavy atom. The second-order valence-electron chi connectivity index (χ2n) is 2.91. The van der Waals surface area contributed by atoms with Gasteiger partial charge in [0.1, 0.15) is 5.82 Å². The number of imidazole rings is 1. The molecule has 1 unspecified atom stereocenters. The van der Waals surface area contributed by atoms with E-state index in [1.165, 1.54) is 9.53 Å². The van der Waals surface area contributed by atoms with Crippen LogP contribution in [0.25, 0.3) is 0 Å². The summed E-state index contributed by atoms with van der Waals surface area (Å²) in [5.41, 5.74) is 5.83. The standard InChI is InChI=1S/C7H10IN3/c8-6-3-10-7-2-1-5(9)4-11(6)7/h3,5H,1-2,4,9H2. The minimum Gasteiger partial charge on any atom is -0.326 e. The first-order valence-corrected chi connectivity index (χ1v) is 4.81. The van der Waals surface area contributed by atoms with Crippen LogP contribution >= 0.6 is 22.6 Å². The van der Waals surface area contributed by atoms with Crippen LogP contribution in [0.15, 0.2) is 6.20 Å². The molecule has 0 saturated carbocycles. The highest BCUT2D eigenvalue weighted by atomic mass is 127. The maximum absolute atomic E-state index is 5.83. The third kappa shape index (κ3) is 1.29. The second kappa shape index (κ2) is 2.75. The van der Waals surface area contributed by atoms with Gasteiger partial charge in [-0.05, 0) is 29.0 Å². The molecule has 0 saturated heterocycles. The second-order valence-corrected chi connectivity index (χ2v) is 4.01. The van der Waals surface area contributed by atoms with Crippen molar-refractivity contribution >= 4 is 22.6 Å². The summed E-state index contributed by atoms with van der Waals surface area (Å²) in [6.07, 6.45) is 4.02. The molecule has 11 heavy (non-hydrogen) atoms. The maximum atomic E-state index is 5.83. The number of hydrogen-bond acceptors (Lipinski definition) is 2. The Morgan fingerprint density at radius 3 is 3.36 bits per heavy atom. The van der Waals surface area contributed by atoms with E-state index in [1.54, 1.807) is 0 Å². The third-order valence-corrected chi connectivity index (χ3v) is 2.91. The zero-order chi connectivity index (χ0) is 7.84. The van der Waals surface area contributed by atoms with Crippen LogP contribution in [0.5, 0.6) is 0 Å². The van der Waals surface area contributed by atoms with E-state index < -0.39 is 0 Å². The zero-order valence-corrected chi connectivity index (χ0v) is 8.28. The molecule has 0 spiro atoms. The van der Waals surface area contributed by atoms with Gasteiger partial charge in [0.2, 0.25) is 0 Å². The van der Waals surface area contributed by atoms with E-state index in [0.717, 1.165) is 19.4 Å². The predicted molar refractivity (Wildman–Crippen MR) is 51.2 cm³/mol. The highest BCUT2D eigenvalue weighted by Crippen LogP contribution is 2.16. The Morgan fingerprint density at radius 2 is 2.55 bits per heavy atom. The Hall–Kier alpha value is -0.100.